The van der Waals surface area contributed by atoms with Crippen molar-refractivity contribution in [2.24, 2.45) is 0 Å². The van der Waals surface area contributed by atoms with Crippen LogP contribution in [0.3, 0.4) is 0 Å². The smallest absolute Gasteiger partial charge is 0.262 e. The monoisotopic (exact) mass is 304 g/mol. The van der Waals surface area contributed by atoms with Crippen LogP contribution in [0.15, 0.2) is 41.3 Å². The van der Waals surface area contributed by atoms with Crippen molar-refractivity contribution in [1.29, 1.82) is 5.26 Å². The Morgan fingerprint density at radius 3 is 2.48 bits per heavy atom. The summed E-state index contributed by atoms with van der Waals surface area (Å²) in [6, 6.07) is 10.5. The van der Waals surface area contributed by atoms with Crippen molar-refractivity contribution < 1.29 is 12.8 Å². The lowest BCUT2D eigenvalue weighted by molar-refractivity contribution is 0.597. The van der Waals surface area contributed by atoms with Crippen molar-refractivity contribution in [3.05, 3.63) is 58.9 Å². The van der Waals surface area contributed by atoms with Gasteiger partial charge in [0.05, 0.1) is 22.2 Å². The molecule has 0 spiro atoms. The van der Waals surface area contributed by atoms with Gasteiger partial charge in [-0.05, 0) is 43.2 Å². The Bertz CT molecular complexity index is 819. The molecule has 108 valence electrons. The second kappa shape index (κ2) is 5.54. The van der Waals surface area contributed by atoms with E-state index in [0.717, 1.165) is 0 Å². The zero-order valence-electron chi connectivity index (χ0n) is 11.5. The van der Waals surface area contributed by atoms with Gasteiger partial charge in [0.2, 0.25) is 0 Å². The summed E-state index contributed by atoms with van der Waals surface area (Å²) in [6.07, 6.45) is 0. The molecular weight excluding hydrogens is 291 g/mol. The maximum absolute atomic E-state index is 13.8. The molecule has 2 rings (SSSR count). The summed E-state index contributed by atoms with van der Waals surface area (Å²) < 4.78 is 40.8. The van der Waals surface area contributed by atoms with Crippen molar-refractivity contribution >= 4 is 15.7 Å². The van der Waals surface area contributed by atoms with E-state index in [1.54, 1.807) is 26.0 Å². The molecule has 0 aliphatic rings. The van der Waals surface area contributed by atoms with Gasteiger partial charge in [0.15, 0.2) is 0 Å². The molecule has 2 aromatic carbocycles. The lowest BCUT2D eigenvalue weighted by atomic mass is 10.2. The predicted molar refractivity (Wildman–Crippen MR) is 77.8 cm³/mol. The largest absolute Gasteiger partial charge is 0.276 e. The van der Waals surface area contributed by atoms with Crippen LogP contribution >= 0.6 is 0 Å². The van der Waals surface area contributed by atoms with Crippen LogP contribution in [0.2, 0.25) is 0 Å². The van der Waals surface area contributed by atoms with E-state index in [-0.39, 0.29) is 16.1 Å². The first-order valence-electron chi connectivity index (χ1n) is 6.14. The summed E-state index contributed by atoms with van der Waals surface area (Å²) in [5, 5.41) is 8.87. The van der Waals surface area contributed by atoms with E-state index >= 15 is 0 Å². The molecule has 0 atom stereocenters. The molecule has 0 unspecified atom stereocenters. The maximum atomic E-state index is 13.8. The third-order valence-electron chi connectivity index (χ3n) is 3.07. The van der Waals surface area contributed by atoms with Crippen LogP contribution in [0, 0.1) is 31.0 Å². The zero-order valence-corrected chi connectivity index (χ0v) is 12.3. The summed E-state index contributed by atoms with van der Waals surface area (Å²) in [5.74, 6) is -0.646. The summed E-state index contributed by atoms with van der Waals surface area (Å²) >= 11 is 0. The number of para-hydroxylation sites is 1. The van der Waals surface area contributed by atoms with Gasteiger partial charge in [0, 0.05) is 0 Å². The first-order chi connectivity index (χ1) is 9.85. The molecule has 6 heteroatoms. The molecular formula is C15H13FN2O2S. The molecule has 0 bridgehead atoms. The van der Waals surface area contributed by atoms with E-state index < -0.39 is 15.8 Å². The van der Waals surface area contributed by atoms with Gasteiger partial charge in [-0.15, -0.1) is 0 Å². The lowest BCUT2D eigenvalue weighted by Crippen LogP contribution is -2.16. The average Bonchev–Trinajstić information content (AvgIpc) is 2.43. The van der Waals surface area contributed by atoms with Crippen molar-refractivity contribution in [2.45, 2.75) is 18.7 Å². The van der Waals surface area contributed by atoms with Gasteiger partial charge in [-0.2, -0.15) is 5.26 Å². The average molecular weight is 304 g/mol. The molecule has 0 aromatic heterocycles. The Morgan fingerprint density at radius 2 is 1.86 bits per heavy atom. The van der Waals surface area contributed by atoms with Crippen LogP contribution in [-0.2, 0) is 10.0 Å². The number of nitrogens with one attached hydrogen (secondary N) is 1. The normalized spacial score (nSPS) is 11.0. The number of nitrogens with zero attached hydrogens (tertiary/aromatic N) is 1. The van der Waals surface area contributed by atoms with Crippen LogP contribution in [0.25, 0.3) is 0 Å². The Hall–Kier alpha value is -2.39. The number of rotatable bonds is 3. The molecule has 0 fully saturated rings. The van der Waals surface area contributed by atoms with Gasteiger partial charge in [0.25, 0.3) is 10.0 Å². The minimum atomic E-state index is -3.96. The quantitative estimate of drug-likeness (QED) is 0.947. The molecule has 1 N–H and O–H groups in total. The Labute approximate surface area is 122 Å². The predicted octanol–water partition coefficient (Wildman–Crippen LogP) is 3.12. The highest BCUT2D eigenvalue weighted by Gasteiger charge is 2.20. The third kappa shape index (κ3) is 3.03. The Balaban J connectivity index is 2.51. The lowest BCUT2D eigenvalue weighted by Gasteiger charge is -2.13. The van der Waals surface area contributed by atoms with Gasteiger partial charge < -0.3 is 0 Å². The van der Waals surface area contributed by atoms with Crippen LogP contribution in [-0.4, -0.2) is 8.42 Å². The topological polar surface area (TPSA) is 70.0 Å². The van der Waals surface area contributed by atoms with Crippen LogP contribution in [0.4, 0.5) is 10.1 Å². The number of halogens is 1. The number of sulfonamides is 1. The number of aryl methyl sites for hydroxylation is 2. The Kier molecular flexibility index (Phi) is 3.96. The fourth-order valence-electron chi connectivity index (χ4n) is 1.91. The Morgan fingerprint density at radius 1 is 1.14 bits per heavy atom. The fourth-order valence-corrected chi connectivity index (χ4v) is 3.32. The van der Waals surface area contributed by atoms with E-state index in [1.807, 2.05) is 6.07 Å². The highest BCUT2D eigenvalue weighted by atomic mass is 32.2. The minimum Gasteiger partial charge on any atom is -0.276 e. The van der Waals surface area contributed by atoms with Gasteiger partial charge in [-0.25, -0.2) is 12.8 Å². The highest BCUT2D eigenvalue weighted by molar-refractivity contribution is 7.92. The number of anilines is 1. The van der Waals surface area contributed by atoms with Crippen molar-refractivity contribution in [3.8, 4) is 6.07 Å². The molecule has 0 amide bonds. The van der Waals surface area contributed by atoms with Crippen LogP contribution < -0.4 is 4.72 Å². The van der Waals surface area contributed by atoms with E-state index in [9.17, 15) is 12.8 Å². The van der Waals surface area contributed by atoms with Gasteiger partial charge in [-0.1, -0.05) is 18.2 Å². The van der Waals surface area contributed by atoms with E-state index in [2.05, 4.69) is 4.72 Å². The summed E-state index contributed by atoms with van der Waals surface area (Å²) in [4.78, 5) is -0.0378. The molecule has 0 radical (unpaired) electrons. The minimum absolute atomic E-state index is 0.0378. The van der Waals surface area contributed by atoms with Crippen molar-refractivity contribution in [2.75, 3.05) is 4.72 Å². The van der Waals surface area contributed by atoms with E-state index in [1.165, 1.54) is 24.3 Å². The summed E-state index contributed by atoms with van der Waals surface area (Å²) in [5.41, 5.74) is 1.11. The standard InChI is InChI=1S/C15H13FN2O2S/c1-10-6-7-12(9-17)8-14(10)21(19,20)18-15-11(2)4-3-5-13(15)16/h3-8,18H,1-2H3. The summed E-state index contributed by atoms with van der Waals surface area (Å²) in [6.45, 7) is 3.23. The molecule has 0 heterocycles. The second-order valence-corrected chi connectivity index (χ2v) is 6.28. The highest BCUT2D eigenvalue weighted by Crippen LogP contribution is 2.24. The molecule has 0 saturated carbocycles. The molecule has 4 nitrogen and oxygen atoms in total. The molecule has 2 aromatic rings. The SMILES string of the molecule is Cc1ccc(C#N)cc1S(=O)(=O)Nc1c(C)cccc1F. The van der Waals surface area contributed by atoms with Crippen LogP contribution in [0.5, 0.6) is 0 Å². The van der Waals surface area contributed by atoms with Crippen molar-refractivity contribution in [3.63, 3.8) is 0 Å². The number of hydrogen-bond acceptors (Lipinski definition) is 3. The fraction of sp³-hybridized carbons (Fsp3) is 0.133. The number of nitriles is 1. The van der Waals surface area contributed by atoms with Crippen molar-refractivity contribution in [1.82, 2.24) is 0 Å². The first kappa shape index (κ1) is 15.0. The summed E-state index contributed by atoms with van der Waals surface area (Å²) in [7, 11) is -3.96. The zero-order chi connectivity index (χ0) is 15.6. The maximum Gasteiger partial charge on any atom is 0.262 e. The first-order valence-corrected chi connectivity index (χ1v) is 7.62. The van der Waals surface area contributed by atoms with E-state index in [0.29, 0.717) is 11.1 Å². The van der Waals surface area contributed by atoms with E-state index in [4.69, 9.17) is 5.26 Å². The number of benzene rings is 2. The van der Waals surface area contributed by atoms with Crippen LogP contribution in [0.1, 0.15) is 16.7 Å². The molecule has 0 saturated heterocycles. The number of hydrogen-bond donors (Lipinski definition) is 1. The third-order valence-corrected chi connectivity index (χ3v) is 4.56. The molecule has 0 aliphatic carbocycles. The van der Waals surface area contributed by atoms with Gasteiger partial charge in [-0.3, -0.25) is 4.72 Å². The molecule has 21 heavy (non-hydrogen) atoms. The van der Waals surface area contributed by atoms with Gasteiger partial charge in [0.1, 0.15) is 5.82 Å². The van der Waals surface area contributed by atoms with Gasteiger partial charge >= 0.3 is 0 Å². The molecule has 0 aliphatic heterocycles. The second-order valence-electron chi connectivity index (χ2n) is 4.63.